The number of nitrogens with one attached hydrogen (secondary N) is 1. The standard InChI is InChI=1S/C11H14ClNO2.ClH/c1-13-10(11(14)15)6-8-2-4-9(7-12)5-3-8;/h2-5,10,13H,6-7H2,1H3,(H,14,15);1H. The Morgan fingerprint density at radius 2 is 1.88 bits per heavy atom. The van der Waals surface area contributed by atoms with Crippen LogP contribution in [0.25, 0.3) is 0 Å². The van der Waals surface area contributed by atoms with E-state index in [4.69, 9.17) is 16.7 Å². The van der Waals surface area contributed by atoms with Gasteiger partial charge in [0.1, 0.15) is 6.04 Å². The number of halogens is 2. The highest BCUT2D eigenvalue weighted by atomic mass is 35.5. The number of carboxylic acid groups (broad SMARTS) is 1. The van der Waals surface area contributed by atoms with Crippen LogP contribution in [0.4, 0.5) is 0 Å². The van der Waals surface area contributed by atoms with Crippen LogP contribution in [0.2, 0.25) is 0 Å². The molecule has 1 unspecified atom stereocenters. The molecule has 1 rings (SSSR count). The number of alkyl halides is 1. The zero-order valence-electron chi connectivity index (χ0n) is 8.94. The van der Waals surface area contributed by atoms with Gasteiger partial charge in [-0.3, -0.25) is 4.79 Å². The quantitative estimate of drug-likeness (QED) is 0.800. The van der Waals surface area contributed by atoms with Gasteiger partial charge in [0.05, 0.1) is 0 Å². The molecule has 1 aromatic carbocycles. The summed E-state index contributed by atoms with van der Waals surface area (Å²) in [6, 6.07) is 7.11. The molecule has 2 N–H and O–H groups in total. The number of carbonyl (C=O) groups is 1. The highest BCUT2D eigenvalue weighted by Crippen LogP contribution is 2.08. The van der Waals surface area contributed by atoms with Crippen molar-refractivity contribution in [1.82, 2.24) is 5.32 Å². The minimum Gasteiger partial charge on any atom is -0.480 e. The van der Waals surface area contributed by atoms with Crippen molar-refractivity contribution >= 4 is 30.0 Å². The lowest BCUT2D eigenvalue weighted by atomic mass is 10.0. The Morgan fingerprint density at radius 1 is 1.38 bits per heavy atom. The number of likely N-dealkylation sites (N-methyl/N-ethyl adjacent to an activating group) is 1. The maximum absolute atomic E-state index is 10.8. The molecule has 1 atom stereocenters. The first-order valence-electron chi connectivity index (χ1n) is 4.71. The summed E-state index contributed by atoms with van der Waals surface area (Å²) < 4.78 is 0. The highest BCUT2D eigenvalue weighted by molar-refractivity contribution is 6.17. The molecule has 0 aliphatic carbocycles. The molecule has 0 aliphatic heterocycles. The van der Waals surface area contributed by atoms with Gasteiger partial charge in [-0.15, -0.1) is 24.0 Å². The molecule has 3 nitrogen and oxygen atoms in total. The number of carboxylic acids is 1. The van der Waals surface area contributed by atoms with Crippen molar-refractivity contribution in [3.8, 4) is 0 Å². The third-order valence-electron chi connectivity index (χ3n) is 2.26. The van der Waals surface area contributed by atoms with Gasteiger partial charge in [0.2, 0.25) is 0 Å². The second-order valence-electron chi connectivity index (χ2n) is 3.33. The van der Waals surface area contributed by atoms with Gasteiger partial charge >= 0.3 is 5.97 Å². The van der Waals surface area contributed by atoms with Gasteiger partial charge in [0.15, 0.2) is 0 Å². The average Bonchev–Trinajstić information content (AvgIpc) is 2.26. The summed E-state index contributed by atoms with van der Waals surface area (Å²) in [6.07, 6.45) is 0.481. The van der Waals surface area contributed by atoms with Crippen LogP contribution in [0.1, 0.15) is 11.1 Å². The van der Waals surface area contributed by atoms with Crippen molar-refractivity contribution < 1.29 is 9.90 Å². The molecule has 0 saturated carbocycles. The van der Waals surface area contributed by atoms with Crippen LogP contribution in [-0.4, -0.2) is 24.2 Å². The SMILES string of the molecule is CNC(Cc1ccc(CCl)cc1)C(=O)O.Cl. The fourth-order valence-corrected chi connectivity index (χ4v) is 1.49. The fourth-order valence-electron chi connectivity index (χ4n) is 1.31. The van der Waals surface area contributed by atoms with Gasteiger partial charge in [-0.1, -0.05) is 24.3 Å². The first kappa shape index (κ1) is 15.2. The Morgan fingerprint density at radius 3 is 2.25 bits per heavy atom. The van der Waals surface area contributed by atoms with Crippen LogP contribution in [0.3, 0.4) is 0 Å². The van der Waals surface area contributed by atoms with E-state index >= 15 is 0 Å². The third kappa shape index (κ3) is 4.39. The van der Waals surface area contributed by atoms with Gasteiger partial charge in [-0.25, -0.2) is 0 Å². The van der Waals surface area contributed by atoms with Gasteiger partial charge in [-0.05, 0) is 24.6 Å². The summed E-state index contributed by atoms with van der Waals surface area (Å²) >= 11 is 5.66. The second-order valence-corrected chi connectivity index (χ2v) is 3.60. The van der Waals surface area contributed by atoms with Crippen LogP contribution in [0.5, 0.6) is 0 Å². The zero-order valence-corrected chi connectivity index (χ0v) is 10.5. The summed E-state index contributed by atoms with van der Waals surface area (Å²) in [6.45, 7) is 0. The van der Waals surface area contributed by atoms with E-state index in [0.717, 1.165) is 11.1 Å². The van der Waals surface area contributed by atoms with E-state index in [1.807, 2.05) is 24.3 Å². The van der Waals surface area contributed by atoms with Gasteiger partial charge in [-0.2, -0.15) is 0 Å². The Hall–Kier alpha value is -0.770. The minimum absolute atomic E-state index is 0. The summed E-state index contributed by atoms with van der Waals surface area (Å²) in [5.41, 5.74) is 2.03. The van der Waals surface area contributed by atoms with Crippen molar-refractivity contribution in [3.05, 3.63) is 35.4 Å². The number of rotatable bonds is 5. The van der Waals surface area contributed by atoms with Crippen molar-refractivity contribution in [2.75, 3.05) is 7.05 Å². The van der Waals surface area contributed by atoms with Crippen LogP contribution in [0, 0.1) is 0 Å². The lowest BCUT2D eigenvalue weighted by molar-refractivity contribution is -0.139. The first-order chi connectivity index (χ1) is 7.17. The Labute approximate surface area is 106 Å². The van der Waals surface area contributed by atoms with Crippen LogP contribution >= 0.6 is 24.0 Å². The van der Waals surface area contributed by atoms with Crippen LogP contribution < -0.4 is 5.32 Å². The molecule has 16 heavy (non-hydrogen) atoms. The fraction of sp³-hybridized carbons (Fsp3) is 0.364. The van der Waals surface area contributed by atoms with E-state index in [1.54, 1.807) is 7.05 Å². The maximum atomic E-state index is 10.8. The molecule has 0 amide bonds. The molecular formula is C11H15Cl2NO2. The molecule has 90 valence electrons. The first-order valence-corrected chi connectivity index (χ1v) is 5.24. The molecule has 1 aromatic rings. The predicted octanol–water partition coefficient (Wildman–Crippen LogP) is 2.06. The molecule has 0 aromatic heterocycles. The largest absolute Gasteiger partial charge is 0.480 e. The van der Waals surface area contributed by atoms with Gasteiger partial charge in [0, 0.05) is 5.88 Å². The molecule has 0 radical (unpaired) electrons. The number of hydrogen-bond acceptors (Lipinski definition) is 2. The molecule has 0 bridgehead atoms. The number of benzene rings is 1. The topological polar surface area (TPSA) is 49.3 Å². The van der Waals surface area contributed by atoms with E-state index in [1.165, 1.54) is 0 Å². The molecule has 0 fully saturated rings. The van der Waals surface area contributed by atoms with Gasteiger partial charge < -0.3 is 10.4 Å². The maximum Gasteiger partial charge on any atom is 0.321 e. The zero-order chi connectivity index (χ0) is 11.3. The summed E-state index contributed by atoms with van der Waals surface area (Å²) in [5, 5.41) is 11.6. The normalized spacial score (nSPS) is 11.6. The van der Waals surface area contributed by atoms with Crippen LogP contribution in [0.15, 0.2) is 24.3 Å². The minimum atomic E-state index is -0.834. The lowest BCUT2D eigenvalue weighted by Gasteiger charge is -2.11. The Kier molecular flexibility index (Phi) is 7.13. The monoisotopic (exact) mass is 263 g/mol. The van der Waals surface area contributed by atoms with E-state index in [-0.39, 0.29) is 12.4 Å². The predicted molar refractivity (Wildman–Crippen MR) is 67.4 cm³/mol. The van der Waals surface area contributed by atoms with Crippen molar-refractivity contribution in [2.24, 2.45) is 0 Å². The summed E-state index contributed by atoms with van der Waals surface area (Å²) in [5.74, 6) is -0.354. The van der Waals surface area contributed by atoms with E-state index in [2.05, 4.69) is 5.32 Å². The number of hydrogen-bond donors (Lipinski definition) is 2. The Balaban J connectivity index is 0.00000225. The van der Waals surface area contributed by atoms with Gasteiger partial charge in [0.25, 0.3) is 0 Å². The van der Waals surface area contributed by atoms with E-state index < -0.39 is 12.0 Å². The molecule has 5 heteroatoms. The summed E-state index contributed by atoms with van der Waals surface area (Å²) in [4.78, 5) is 10.8. The second kappa shape index (κ2) is 7.49. The van der Waals surface area contributed by atoms with Crippen molar-refractivity contribution in [3.63, 3.8) is 0 Å². The smallest absolute Gasteiger partial charge is 0.321 e. The number of aliphatic carboxylic acids is 1. The highest BCUT2D eigenvalue weighted by Gasteiger charge is 2.14. The van der Waals surface area contributed by atoms with E-state index in [9.17, 15) is 4.79 Å². The molecule has 0 aliphatic rings. The van der Waals surface area contributed by atoms with Crippen molar-refractivity contribution in [1.29, 1.82) is 0 Å². The average molecular weight is 264 g/mol. The molecule has 0 heterocycles. The van der Waals surface area contributed by atoms with E-state index in [0.29, 0.717) is 12.3 Å². The summed E-state index contributed by atoms with van der Waals surface area (Å²) in [7, 11) is 1.64. The molecular weight excluding hydrogens is 249 g/mol. The molecule has 0 spiro atoms. The van der Waals surface area contributed by atoms with Crippen LogP contribution in [-0.2, 0) is 17.1 Å². The molecule has 0 saturated heterocycles. The lowest BCUT2D eigenvalue weighted by Crippen LogP contribution is -2.35. The van der Waals surface area contributed by atoms with Crippen molar-refractivity contribution in [2.45, 2.75) is 18.3 Å². The Bertz CT molecular complexity index is 327. The third-order valence-corrected chi connectivity index (χ3v) is 2.57.